The highest BCUT2D eigenvalue weighted by atomic mass is 19.4. The third-order valence-electron chi connectivity index (χ3n) is 6.82. The zero-order valence-electron chi connectivity index (χ0n) is 18.3. The van der Waals surface area contributed by atoms with Crippen molar-refractivity contribution < 1.29 is 22.8 Å². The van der Waals surface area contributed by atoms with Crippen LogP contribution in [0, 0.1) is 11.8 Å². The molecule has 11 heteroatoms. The second kappa shape index (κ2) is 8.30. The van der Waals surface area contributed by atoms with Crippen molar-refractivity contribution in [3.8, 4) is 0 Å². The van der Waals surface area contributed by atoms with Gasteiger partial charge >= 0.3 is 12.2 Å². The quantitative estimate of drug-likeness (QED) is 0.607. The monoisotopic (exact) mass is 472 g/mol. The van der Waals surface area contributed by atoms with Crippen LogP contribution in [-0.2, 0) is 6.18 Å². The molecule has 1 saturated heterocycles. The summed E-state index contributed by atoms with van der Waals surface area (Å²) >= 11 is 0. The van der Waals surface area contributed by atoms with Gasteiger partial charge in [-0.2, -0.15) is 13.2 Å². The Morgan fingerprint density at radius 1 is 1.03 bits per heavy atom. The molecule has 5 rings (SSSR count). The predicted molar refractivity (Wildman–Crippen MR) is 117 cm³/mol. The number of carbonyl (C=O) groups excluding carboxylic acids is 2. The van der Waals surface area contributed by atoms with E-state index < -0.39 is 17.8 Å². The molecule has 34 heavy (non-hydrogen) atoms. The van der Waals surface area contributed by atoms with E-state index in [2.05, 4.69) is 20.8 Å². The van der Waals surface area contributed by atoms with Crippen LogP contribution in [0.15, 0.2) is 42.6 Å². The van der Waals surface area contributed by atoms with Crippen LogP contribution in [0.4, 0.5) is 23.7 Å². The topological polar surface area (TPSA) is 91.6 Å². The number of halogens is 3. The van der Waals surface area contributed by atoms with Crippen LogP contribution in [0.2, 0.25) is 0 Å². The number of anilines is 1. The standard InChI is InChI=1S/C23H23F3N6O2/c1-27-22(34)28-16-6-7-19-29-30-20(32(19)12-16)21(33)31-10-14-8-13(9-15(14)11-31)17-4-2-3-5-18(17)23(24,25)26/h2-7,12-15H,8-11H2,1H3,(H2,27,28,34)/t13?,14-,15+. The van der Waals surface area contributed by atoms with Gasteiger partial charge < -0.3 is 15.5 Å². The summed E-state index contributed by atoms with van der Waals surface area (Å²) in [5.74, 6) is -0.0436. The summed E-state index contributed by atoms with van der Waals surface area (Å²) in [5.41, 5.74) is 0.727. The predicted octanol–water partition coefficient (Wildman–Crippen LogP) is 3.77. The first kappa shape index (κ1) is 22.2. The maximum absolute atomic E-state index is 13.5. The van der Waals surface area contributed by atoms with Crippen molar-refractivity contribution in [2.75, 3.05) is 25.5 Å². The van der Waals surface area contributed by atoms with Gasteiger partial charge in [0.2, 0.25) is 5.82 Å². The van der Waals surface area contributed by atoms with E-state index in [1.165, 1.54) is 17.5 Å². The smallest absolute Gasteiger partial charge is 0.341 e. The van der Waals surface area contributed by atoms with Gasteiger partial charge in [-0.1, -0.05) is 18.2 Å². The van der Waals surface area contributed by atoms with E-state index in [9.17, 15) is 22.8 Å². The number of urea groups is 1. The third-order valence-corrected chi connectivity index (χ3v) is 6.82. The van der Waals surface area contributed by atoms with Crippen molar-refractivity contribution in [3.63, 3.8) is 0 Å². The Morgan fingerprint density at radius 3 is 2.41 bits per heavy atom. The lowest BCUT2D eigenvalue weighted by molar-refractivity contribution is -0.138. The number of amides is 3. The maximum Gasteiger partial charge on any atom is 0.416 e. The minimum atomic E-state index is -4.38. The fraction of sp³-hybridized carbons (Fsp3) is 0.391. The molecular weight excluding hydrogens is 449 g/mol. The molecule has 0 bridgehead atoms. The van der Waals surface area contributed by atoms with Crippen LogP contribution in [0.3, 0.4) is 0 Å². The van der Waals surface area contributed by atoms with Crippen molar-refractivity contribution >= 4 is 23.3 Å². The van der Waals surface area contributed by atoms with Crippen LogP contribution in [0.1, 0.15) is 40.5 Å². The van der Waals surface area contributed by atoms with Crippen molar-refractivity contribution in [3.05, 3.63) is 59.5 Å². The fourth-order valence-electron chi connectivity index (χ4n) is 5.28. The number of rotatable bonds is 3. The number of aromatic nitrogens is 3. The molecule has 1 unspecified atom stereocenters. The molecule has 1 saturated carbocycles. The van der Waals surface area contributed by atoms with Gasteiger partial charge in [0, 0.05) is 26.3 Å². The molecule has 3 aromatic rings. The van der Waals surface area contributed by atoms with Crippen LogP contribution < -0.4 is 10.6 Å². The lowest BCUT2D eigenvalue weighted by Gasteiger charge is -2.21. The number of hydrogen-bond acceptors (Lipinski definition) is 4. The summed E-state index contributed by atoms with van der Waals surface area (Å²) in [6.07, 6.45) is -1.57. The zero-order valence-corrected chi connectivity index (χ0v) is 18.3. The van der Waals surface area contributed by atoms with Gasteiger partial charge in [0.1, 0.15) is 0 Å². The first-order valence-electron chi connectivity index (χ1n) is 11.0. The van der Waals surface area contributed by atoms with Gasteiger partial charge in [0.05, 0.1) is 11.3 Å². The van der Waals surface area contributed by atoms with E-state index in [0.29, 0.717) is 42.8 Å². The summed E-state index contributed by atoms with van der Waals surface area (Å²) in [6, 6.07) is 8.70. The van der Waals surface area contributed by atoms with Crippen LogP contribution in [0.5, 0.6) is 0 Å². The molecule has 2 fully saturated rings. The number of fused-ring (bicyclic) bond motifs is 2. The van der Waals surface area contributed by atoms with E-state index in [1.807, 2.05) is 0 Å². The number of nitrogens with one attached hydrogen (secondary N) is 2. The number of nitrogens with zero attached hydrogens (tertiary/aromatic N) is 4. The Labute approximate surface area is 193 Å². The van der Waals surface area contributed by atoms with Crippen LogP contribution in [-0.4, -0.2) is 51.6 Å². The van der Waals surface area contributed by atoms with Crippen LogP contribution >= 0.6 is 0 Å². The van der Waals surface area contributed by atoms with Gasteiger partial charge in [-0.05, 0) is 54.4 Å². The lowest BCUT2D eigenvalue weighted by atomic mass is 9.91. The second-order valence-electron chi connectivity index (χ2n) is 8.86. The Hall–Kier alpha value is -3.63. The average molecular weight is 472 g/mol. The third kappa shape index (κ3) is 3.95. The van der Waals surface area contributed by atoms with E-state index in [0.717, 1.165) is 6.07 Å². The Kier molecular flexibility index (Phi) is 5.41. The lowest BCUT2D eigenvalue weighted by Crippen LogP contribution is -2.31. The van der Waals surface area contributed by atoms with Crippen molar-refractivity contribution in [2.24, 2.45) is 11.8 Å². The highest BCUT2D eigenvalue weighted by molar-refractivity contribution is 5.92. The molecule has 2 N–H and O–H groups in total. The number of alkyl halides is 3. The number of carbonyl (C=O) groups is 2. The van der Waals surface area contributed by atoms with E-state index in [4.69, 9.17) is 0 Å². The highest BCUT2D eigenvalue weighted by Gasteiger charge is 2.45. The molecule has 2 aliphatic rings. The number of pyridine rings is 1. The van der Waals surface area contributed by atoms with E-state index in [-0.39, 0.29) is 29.5 Å². The summed E-state index contributed by atoms with van der Waals surface area (Å²) < 4.78 is 41.9. The van der Waals surface area contributed by atoms with E-state index >= 15 is 0 Å². The number of hydrogen-bond donors (Lipinski definition) is 2. The fourth-order valence-corrected chi connectivity index (χ4v) is 5.28. The van der Waals surface area contributed by atoms with Gasteiger partial charge in [0.25, 0.3) is 5.91 Å². The number of likely N-dealkylation sites (tertiary alicyclic amines) is 1. The molecular formula is C23H23F3N6O2. The van der Waals surface area contributed by atoms with Gasteiger partial charge in [-0.3, -0.25) is 9.20 Å². The highest BCUT2D eigenvalue weighted by Crippen LogP contribution is 2.49. The zero-order chi connectivity index (χ0) is 24.0. The van der Waals surface area contributed by atoms with Crippen LogP contribution in [0.25, 0.3) is 5.65 Å². The van der Waals surface area contributed by atoms with Crippen molar-refractivity contribution in [2.45, 2.75) is 24.9 Å². The molecule has 8 nitrogen and oxygen atoms in total. The molecule has 0 spiro atoms. The molecule has 2 aromatic heterocycles. The Morgan fingerprint density at radius 2 is 1.74 bits per heavy atom. The minimum Gasteiger partial charge on any atom is -0.341 e. The molecule has 1 aliphatic carbocycles. The largest absolute Gasteiger partial charge is 0.416 e. The number of benzene rings is 1. The molecule has 3 heterocycles. The Balaban J connectivity index is 1.31. The normalized spacial score (nSPS) is 22.1. The Bertz CT molecular complexity index is 1240. The first-order chi connectivity index (χ1) is 16.2. The molecule has 1 aromatic carbocycles. The SMILES string of the molecule is CNC(=O)Nc1ccc2nnc(C(=O)N3C[C@H]4CC(c5ccccc5C(F)(F)F)C[C@H]4C3)n2c1. The maximum atomic E-state index is 13.5. The van der Waals surface area contributed by atoms with Crippen molar-refractivity contribution in [1.82, 2.24) is 24.8 Å². The van der Waals surface area contributed by atoms with E-state index in [1.54, 1.807) is 35.4 Å². The molecule has 0 radical (unpaired) electrons. The summed E-state index contributed by atoms with van der Waals surface area (Å²) in [7, 11) is 1.50. The first-order valence-corrected chi connectivity index (χ1v) is 11.0. The van der Waals surface area contributed by atoms with Crippen molar-refractivity contribution in [1.29, 1.82) is 0 Å². The summed E-state index contributed by atoms with van der Waals surface area (Å²) in [4.78, 5) is 26.5. The van der Waals surface area contributed by atoms with Gasteiger partial charge in [-0.15, -0.1) is 10.2 Å². The molecule has 3 amide bonds. The van der Waals surface area contributed by atoms with Gasteiger partial charge in [0.15, 0.2) is 5.65 Å². The van der Waals surface area contributed by atoms with Gasteiger partial charge in [-0.25, -0.2) is 4.79 Å². The summed E-state index contributed by atoms with van der Waals surface area (Å²) in [5, 5.41) is 13.2. The minimum absolute atomic E-state index is 0.134. The molecule has 1 aliphatic heterocycles. The summed E-state index contributed by atoms with van der Waals surface area (Å²) in [6.45, 7) is 0.943. The average Bonchev–Trinajstić information content (AvgIpc) is 3.51. The second-order valence-corrected chi connectivity index (χ2v) is 8.86. The molecule has 3 atom stereocenters. The molecule has 178 valence electrons.